The van der Waals surface area contributed by atoms with Crippen molar-refractivity contribution in [3.05, 3.63) is 88.5 Å². The molecule has 2 aliphatic rings. The highest BCUT2D eigenvalue weighted by Gasteiger charge is 2.60. The highest BCUT2D eigenvalue weighted by atomic mass is 35.5. The van der Waals surface area contributed by atoms with E-state index in [9.17, 15) is 31.2 Å². The summed E-state index contributed by atoms with van der Waals surface area (Å²) >= 11 is 6.29. The molecule has 2 amide bonds. The first-order valence-corrected chi connectivity index (χ1v) is 14.2. The Kier molecular flexibility index (Phi) is 7.26. The van der Waals surface area contributed by atoms with Gasteiger partial charge < -0.3 is 15.8 Å². The number of hydrogen-bond donors (Lipinski definition) is 2. The Balaban J connectivity index is 1.44. The molecule has 0 aliphatic heterocycles. The summed E-state index contributed by atoms with van der Waals surface area (Å²) in [7, 11) is -4.10. The average Bonchev–Trinajstić information content (AvgIpc) is 3.08. The summed E-state index contributed by atoms with van der Waals surface area (Å²) < 4.78 is 73.8. The number of nitrogens with one attached hydrogen (secondary N) is 1. The van der Waals surface area contributed by atoms with Crippen LogP contribution >= 0.6 is 11.6 Å². The van der Waals surface area contributed by atoms with Gasteiger partial charge >= 0.3 is 6.09 Å². The predicted molar refractivity (Wildman–Crippen MR) is 139 cm³/mol. The average molecular weight is 594 g/mol. The van der Waals surface area contributed by atoms with Gasteiger partial charge in [-0.25, -0.2) is 26.4 Å². The zero-order valence-corrected chi connectivity index (χ0v) is 22.3. The van der Waals surface area contributed by atoms with E-state index in [0.29, 0.717) is 30.5 Å². The molecule has 13 heteroatoms. The van der Waals surface area contributed by atoms with E-state index in [-0.39, 0.29) is 45.8 Å². The molecule has 4 atom stereocenters. The van der Waals surface area contributed by atoms with Crippen LogP contribution in [0.3, 0.4) is 0 Å². The Morgan fingerprint density at radius 2 is 1.70 bits per heavy atom. The molecule has 2 aliphatic carbocycles. The molecular weight excluding hydrogens is 571 g/mol. The Morgan fingerprint density at radius 1 is 1.05 bits per heavy atom. The van der Waals surface area contributed by atoms with Crippen molar-refractivity contribution in [3.8, 4) is 0 Å². The lowest BCUT2D eigenvalue weighted by Crippen LogP contribution is -2.49. The second-order valence-electron chi connectivity index (χ2n) is 9.92. The number of anilines is 1. The summed E-state index contributed by atoms with van der Waals surface area (Å²) in [5.41, 5.74) is 4.47. The predicted octanol–water partition coefficient (Wildman–Crippen LogP) is 5.36. The molecule has 8 nitrogen and oxygen atoms in total. The number of aromatic nitrogens is 1. The normalized spacial score (nSPS) is 23.9. The zero-order valence-electron chi connectivity index (χ0n) is 20.7. The zero-order chi connectivity index (χ0) is 28.8. The monoisotopic (exact) mass is 593 g/mol. The van der Waals surface area contributed by atoms with E-state index in [1.165, 1.54) is 12.1 Å². The lowest BCUT2D eigenvalue weighted by Gasteiger charge is -2.45. The van der Waals surface area contributed by atoms with Gasteiger partial charge in [0.2, 0.25) is 0 Å². The van der Waals surface area contributed by atoms with Crippen molar-refractivity contribution in [2.24, 2.45) is 17.6 Å². The van der Waals surface area contributed by atoms with Crippen LogP contribution in [-0.4, -0.2) is 30.7 Å². The number of benzene rings is 2. The number of primary amides is 1. The van der Waals surface area contributed by atoms with Gasteiger partial charge in [0.15, 0.2) is 27.3 Å². The van der Waals surface area contributed by atoms with Gasteiger partial charge in [0.25, 0.3) is 5.91 Å². The summed E-state index contributed by atoms with van der Waals surface area (Å²) in [6.45, 7) is 0. The van der Waals surface area contributed by atoms with E-state index >= 15 is 0 Å². The van der Waals surface area contributed by atoms with Gasteiger partial charge in [-0.2, -0.15) is 0 Å². The third-order valence-electron chi connectivity index (χ3n) is 7.73. The molecule has 2 bridgehead atoms. The van der Waals surface area contributed by atoms with Crippen molar-refractivity contribution in [2.75, 3.05) is 5.32 Å². The van der Waals surface area contributed by atoms with E-state index in [0.717, 1.165) is 6.07 Å². The number of ether oxygens (including phenoxy) is 1. The van der Waals surface area contributed by atoms with Crippen molar-refractivity contribution >= 4 is 39.1 Å². The molecule has 2 saturated carbocycles. The third-order valence-corrected chi connectivity index (χ3v) is 10.4. The van der Waals surface area contributed by atoms with Gasteiger partial charge in [-0.1, -0.05) is 17.7 Å². The fraction of sp³-hybridized carbons (Fsp3) is 0.296. The van der Waals surface area contributed by atoms with Crippen LogP contribution in [0.25, 0.3) is 0 Å². The number of pyridine rings is 1. The van der Waals surface area contributed by atoms with Crippen molar-refractivity contribution in [2.45, 2.75) is 41.4 Å². The van der Waals surface area contributed by atoms with Gasteiger partial charge in [-0.15, -0.1) is 0 Å². The number of nitrogens with two attached hydrogens (primary N) is 1. The van der Waals surface area contributed by atoms with Crippen molar-refractivity contribution in [1.82, 2.24) is 4.98 Å². The molecule has 3 aromatic rings. The Morgan fingerprint density at radius 3 is 2.27 bits per heavy atom. The maximum atomic E-state index is 13.9. The summed E-state index contributed by atoms with van der Waals surface area (Å²) in [6.07, 6.45) is 3.67. The number of carbonyl (C=O) groups is 2. The summed E-state index contributed by atoms with van der Waals surface area (Å²) in [6, 6.07) is 8.26. The molecule has 2 aromatic carbocycles. The van der Waals surface area contributed by atoms with Crippen LogP contribution in [0, 0.1) is 29.3 Å². The molecule has 5 rings (SSSR count). The molecule has 3 unspecified atom stereocenters. The summed E-state index contributed by atoms with van der Waals surface area (Å²) in [5, 5.41) is 1.21. The fourth-order valence-electron chi connectivity index (χ4n) is 6.07. The van der Waals surface area contributed by atoms with Crippen molar-refractivity contribution in [3.63, 3.8) is 0 Å². The van der Waals surface area contributed by atoms with Gasteiger partial charge in [0.05, 0.1) is 15.2 Å². The number of carbonyl (C=O) groups excluding carboxylic acids is 2. The van der Waals surface area contributed by atoms with Crippen molar-refractivity contribution < 1.29 is 35.9 Å². The summed E-state index contributed by atoms with van der Waals surface area (Å²) in [4.78, 5) is 28.6. The molecule has 0 radical (unpaired) electrons. The van der Waals surface area contributed by atoms with Gasteiger partial charge in [-0.05, 0) is 49.9 Å². The first-order chi connectivity index (χ1) is 18.9. The second-order valence-corrected chi connectivity index (χ2v) is 12.5. The minimum absolute atomic E-state index is 0.111. The molecule has 2 fully saturated rings. The minimum atomic E-state index is -4.10. The molecule has 1 heterocycles. The largest absolute Gasteiger partial charge is 0.438 e. The van der Waals surface area contributed by atoms with E-state index < -0.39 is 50.1 Å². The van der Waals surface area contributed by atoms with E-state index in [1.54, 1.807) is 24.5 Å². The lowest BCUT2D eigenvalue weighted by molar-refractivity contribution is -0.0717. The first-order valence-electron chi connectivity index (χ1n) is 12.3. The molecule has 3 N–H and O–H groups in total. The SMILES string of the molecule is NC(=O)OC1(c2cccnc2)C2CC[C@H]1CC(S(=O)(=O)c1cc(C(=O)Nc3cc(F)c(F)c(F)c3)ccc1Cl)C2. The van der Waals surface area contributed by atoms with E-state index in [2.05, 4.69) is 10.3 Å². The Hall–Kier alpha value is -3.64. The molecular formula is C27H23ClF3N3O5S. The smallest absolute Gasteiger partial charge is 0.405 e. The maximum absolute atomic E-state index is 13.9. The Bertz CT molecular complexity index is 1570. The molecule has 210 valence electrons. The van der Waals surface area contributed by atoms with Crippen LogP contribution in [0.2, 0.25) is 5.02 Å². The number of amides is 2. The second kappa shape index (κ2) is 10.4. The van der Waals surface area contributed by atoms with E-state index in [1.807, 2.05) is 0 Å². The van der Waals surface area contributed by atoms with Crippen LogP contribution in [0.5, 0.6) is 0 Å². The third kappa shape index (κ3) is 4.79. The lowest BCUT2D eigenvalue weighted by atomic mass is 9.70. The molecule has 1 aromatic heterocycles. The number of nitrogens with zero attached hydrogens (tertiary/aromatic N) is 1. The van der Waals surface area contributed by atoms with Crippen LogP contribution in [0.1, 0.15) is 41.6 Å². The van der Waals surface area contributed by atoms with Crippen molar-refractivity contribution in [1.29, 1.82) is 0 Å². The number of fused-ring (bicyclic) bond motifs is 2. The standard InChI is InChI=1S/C27H23ClF3N3O5S/c28-20-6-3-14(25(35)34-18-11-21(29)24(31)22(30)12-18)8-23(20)40(37,38)19-9-15-4-5-16(10-19)27(15,39-26(32)36)17-2-1-7-33-13-17/h1-3,6-8,11-13,15-16,19H,4-5,9-10H2,(H2,32,36)(H,34,35)/t15-,16?,19?,27?/m0/s1. The summed E-state index contributed by atoms with van der Waals surface area (Å²) in [5.74, 6) is -6.29. The van der Waals surface area contributed by atoms with Crippen LogP contribution in [0.4, 0.5) is 23.7 Å². The quantitative estimate of drug-likeness (QED) is 0.370. The molecule has 40 heavy (non-hydrogen) atoms. The number of sulfone groups is 1. The minimum Gasteiger partial charge on any atom is -0.438 e. The first kappa shape index (κ1) is 27.9. The van der Waals surface area contributed by atoms with Gasteiger partial charge in [0.1, 0.15) is 5.60 Å². The van der Waals surface area contributed by atoms with Gasteiger partial charge in [0, 0.05) is 53.2 Å². The number of halogens is 4. The highest BCUT2D eigenvalue weighted by molar-refractivity contribution is 7.92. The molecule has 0 saturated heterocycles. The van der Waals surface area contributed by atoms with Gasteiger partial charge in [-0.3, -0.25) is 9.78 Å². The maximum Gasteiger partial charge on any atom is 0.405 e. The fourth-order valence-corrected chi connectivity index (χ4v) is 8.47. The van der Waals surface area contributed by atoms with Crippen LogP contribution < -0.4 is 11.1 Å². The number of hydrogen-bond acceptors (Lipinski definition) is 6. The molecule has 0 spiro atoms. The van der Waals surface area contributed by atoms with E-state index in [4.69, 9.17) is 22.1 Å². The van der Waals surface area contributed by atoms with Crippen LogP contribution in [-0.2, 0) is 20.2 Å². The Labute approximate surface area is 232 Å². The van der Waals surface area contributed by atoms with Crippen LogP contribution in [0.15, 0.2) is 59.8 Å². The number of rotatable bonds is 6. The highest BCUT2D eigenvalue weighted by Crippen LogP contribution is 2.58. The topological polar surface area (TPSA) is 128 Å².